The van der Waals surface area contributed by atoms with E-state index in [-0.39, 0.29) is 6.03 Å². The highest BCUT2D eigenvalue weighted by molar-refractivity contribution is 7.99. The second kappa shape index (κ2) is 10.9. The number of hydrogen-bond acceptors (Lipinski definition) is 5. The van der Waals surface area contributed by atoms with Crippen LogP contribution in [0, 0.1) is 0 Å². The first-order chi connectivity index (χ1) is 15.0. The summed E-state index contributed by atoms with van der Waals surface area (Å²) in [5.41, 5.74) is 2.73. The first-order valence-corrected chi connectivity index (χ1v) is 11.4. The molecule has 0 aliphatic carbocycles. The van der Waals surface area contributed by atoms with Gasteiger partial charge in [-0.3, -0.25) is 0 Å². The Morgan fingerprint density at radius 2 is 1.84 bits per heavy atom. The Hall–Kier alpha value is -2.93. The van der Waals surface area contributed by atoms with Crippen LogP contribution in [0.2, 0.25) is 0 Å². The highest BCUT2D eigenvalue weighted by Gasteiger charge is 2.36. The number of carbonyl (C=O) groups is 2. The van der Waals surface area contributed by atoms with Gasteiger partial charge in [-0.1, -0.05) is 55.5 Å². The van der Waals surface area contributed by atoms with Gasteiger partial charge in [0, 0.05) is 24.1 Å². The van der Waals surface area contributed by atoms with Gasteiger partial charge in [0.25, 0.3) is 0 Å². The number of urea groups is 1. The van der Waals surface area contributed by atoms with Crippen molar-refractivity contribution in [1.29, 1.82) is 0 Å². The average molecular weight is 441 g/mol. The highest BCUT2D eigenvalue weighted by atomic mass is 32.2. The number of carbonyl (C=O) groups excluding carboxylic acids is 2. The molecule has 0 bridgehead atoms. The van der Waals surface area contributed by atoms with Gasteiger partial charge in [0.1, 0.15) is 19.0 Å². The smallest absolute Gasteiger partial charge is 0.338 e. The van der Waals surface area contributed by atoms with Crippen LogP contribution < -0.4 is 10.1 Å². The fourth-order valence-corrected chi connectivity index (χ4v) is 3.82. The minimum Gasteiger partial charge on any atom is -0.489 e. The van der Waals surface area contributed by atoms with Crippen LogP contribution in [-0.2, 0) is 16.1 Å². The first kappa shape index (κ1) is 22.7. The zero-order valence-electron chi connectivity index (χ0n) is 18.1. The minimum atomic E-state index is -0.651. The second-order valence-electron chi connectivity index (χ2n) is 7.09. The van der Waals surface area contributed by atoms with Crippen LogP contribution in [0.25, 0.3) is 0 Å². The molecule has 1 aliphatic heterocycles. The molecule has 3 rings (SSSR count). The molecular formula is C24H28N2O4S. The number of allylic oxidation sites excluding steroid dienone is 1. The third-order valence-corrected chi connectivity index (χ3v) is 5.97. The number of amides is 2. The van der Waals surface area contributed by atoms with Gasteiger partial charge in [-0.2, -0.15) is 11.8 Å². The summed E-state index contributed by atoms with van der Waals surface area (Å²) in [4.78, 5) is 27.0. The zero-order valence-corrected chi connectivity index (χ0v) is 18.9. The van der Waals surface area contributed by atoms with E-state index in [1.54, 1.807) is 25.7 Å². The van der Waals surface area contributed by atoms with E-state index >= 15 is 0 Å². The second-order valence-corrected chi connectivity index (χ2v) is 8.48. The number of nitrogens with one attached hydrogen (secondary N) is 1. The molecule has 0 unspecified atom stereocenters. The van der Waals surface area contributed by atoms with E-state index in [0.29, 0.717) is 35.8 Å². The fraction of sp³-hybridized carbons (Fsp3) is 0.333. The summed E-state index contributed by atoms with van der Waals surface area (Å²) in [6, 6.07) is 16.4. The average Bonchev–Trinajstić information content (AvgIpc) is 2.79. The third kappa shape index (κ3) is 5.61. The number of thioether (sulfide) groups is 1. The summed E-state index contributed by atoms with van der Waals surface area (Å²) in [7, 11) is 1.64. The van der Waals surface area contributed by atoms with Gasteiger partial charge in [-0.25, -0.2) is 9.59 Å². The van der Waals surface area contributed by atoms with Gasteiger partial charge >= 0.3 is 12.0 Å². The van der Waals surface area contributed by atoms with Crippen LogP contribution >= 0.6 is 11.8 Å². The maximum absolute atomic E-state index is 13.0. The monoisotopic (exact) mass is 440 g/mol. The van der Waals surface area contributed by atoms with Crippen LogP contribution in [0.4, 0.5) is 4.79 Å². The molecule has 1 heterocycles. The molecule has 0 saturated carbocycles. The van der Waals surface area contributed by atoms with Gasteiger partial charge in [-0.05, 0) is 24.3 Å². The molecule has 0 fully saturated rings. The molecule has 1 aliphatic rings. The lowest BCUT2D eigenvalue weighted by molar-refractivity contribution is -0.139. The van der Waals surface area contributed by atoms with Crippen molar-refractivity contribution in [2.45, 2.75) is 26.5 Å². The minimum absolute atomic E-state index is 0.279. The van der Waals surface area contributed by atoms with Gasteiger partial charge < -0.3 is 19.7 Å². The predicted octanol–water partition coefficient (Wildman–Crippen LogP) is 4.53. The Bertz CT molecular complexity index is 946. The molecule has 7 heteroatoms. The molecular weight excluding hydrogens is 412 g/mol. The normalized spacial score (nSPS) is 16.2. The van der Waals surface area contributed by atoms with Crippen molar-refractivity contribution in [2.75, 3.05) is 25.2 Å². The SMILES string of the molecule is CCSCCOC(=O)C1=C(C)N(C)C(=O)N[C@H]1c1ccccc1OCc1ccccc1. The molecule has 31 heavy (non-hydrogen) atoms. The van der Waals surface area contributed by atoms with Crippen molar-refractivity contribution in [3.05, 3.63) is 77.0 Å². The lowest BCUT2D eigenvalue weighted by Crippen LogP contribution is -2.46. The maximum atomic E-state index is 13.0. The van der Waals surface area contributed by atoms with Gasteiger partial charge in [0.05, 0.1) is 11.6 Å². The Labute approximate surface area is 187 Å². The molecule has 6 nitrogen and oxygen atoms in total. The van der Waals surface area contributed by atoms with E-state index in [9.17, 15) is 9.59 Å². The van der Waals surface area contributed by atoms with Gasteiger partial charge in [-0.15, -0.1) is 0 Å². The number of nitrogens with zero attached hydrogens (tertiary/aromatic N) is 1. The van der Waals surface area contributed by atoms with E-state index in [2.05, 4.69) is 12.2 Å². The zero-order chi connectivity index (χ0) is 22.2. The van der Waals surface area contributed by atoms with Crippen molar-refractivity contribution in [1.82, 2.24) is 10.2 Å². The van der Waals surface area contributed by atoms with Crippen LogP contribution in [0.3, 0.4) is 0 Å². The lowest BCUT2D eigenvalue weighted by Gasteiger charge is -2.33. The molecule has 0 radical (unpaired) electrons. The van der Waals surface area contributed by atoms with Crippen LogP contribution in [-0.4, -0.2) is 42.1 Å². The lowest BCUT2D eigenvalue weighted by atomic mass is 9.94. The maximum Gasteiger partial charge on any atom is 0.338 e. The summed E-state index contributed by atoms with van der Waals surface area (Å²) in [6.07, 6.45) is 0. The Kier molecular flexibility index (Phi) is 8.00. The summed E-state index contributed by atoms with van der Waals surface area (Å²) in [5, 5.41) is 2.93. The molecule has 1 atom stereocenters. The van der Waals surface area contributed by atoms with Crippen molar-refractivity contribution in [2.24, 2.45) is 0 Å². The number of esters is 1. The number of ether oxygens (including phenoxy) is 2. The van der Waals surface area contributed by atoms with Crippen LogP contribution in [0.5, 0.6) is 5.75 Å². The molecule has 164 valence electrons. The number of rotatable bonds is 9. The first-order valence-electron chi connectivity index (χ1n) is 10.3. The number of benzene rings is 2. The molecule has 0 spiro atoms. The number of para-hydroxylation sites is 1. The largest absolute Gasteiger partial charge is 0.489 e. The third-order valence-electron chi connectivity index (χ3n) is 5.11. The van der Waals surface area contributed by atoms with Crippen molar-refractivity contribution in [3.8, 4) is 5.75 Å². The number of hydrogen-bond donors (Lipinski definition) is 1. The van der Waals surface area contributed by atoms with E-state index in [0.717, 1.165) is 17.1 Å². The van der Waals surface area contributed by atoms with Gasteiger partial charge in [0.2, 0.25) is 0 Å². The van der Waals surface area contributed by atoms with Crippen molar-refractivity contribution in [3.63, 3.8) is 0 Å². The molecule has 2 amide bonds. The molecule has 0 aromatic heterocycles. The van der Waals surface area contributed by atoms with E-state index in [1.807, 2.05) is 54.6 Å². The summed E-state index contributed by atoms with van der Waals surface area (Å²) in [5.74, 6) is 1.88. The summed E-state index contributed by atoms with van der Waals surface area (Å²) >= 11 is 1.71. The van der Waals surface area contributed by atoms with E-state index < -0.39 is 12.0 Å². The van der Waals surface area contributed by atoms with Gasteiger partial charge in [0.15, 0.2) is 0 Å². The summed E-state index contributed by atoms with van der Waals surface area (Å²) in [6.45, 7) is 4.53. The van der Waals surface area contributed by atoms with Crippen molar-refractivity contribution < 1.29 is 19.1 Å². The Morgan fingerprint density at radius 3 is 2.58 bits per heavy atom. The Balaban J connectivity index is 1.88. The standard InChI is InChI=1S/C24H28N2O4S/c1-4-31-15-14-29-23(27)21-17(2)26(3)24(28)25-22(21)19-12-8-9-13-20(19)30-16-18-10-6-5-7-11-18/h5-13,22H,4,14-16H2,1-3H3,(H,25,28)/t22-/m0/s1. The molecule has 1 N–H and O–H groups in total. The molecule has 2 aromatic carbocycles. The predicted molar refractivity (Wildman–Crippen MR) is 123 cm³/mol. The molecule has 0 saturated heterocycles. The Morgan fingerprint density at radius 1 is 1.13 bits per heavy atom. The quantitative estimate of drug-likeness (QED) is 0.458. The topological polar surface area (TPSA) is 67.9 Å². The molecule has 2 aromatic rings. The fourth-order valence-electron chi connectivity index (χ4n) is 3.33. The van der Waals surface area contributed by atoms with Crippen LogP contribution in [0.1, 0.15) is 31.0 Å². The van der Waals surface area contributed by atoms with Crippen molar-refractivity contribution >= 4 is 23.8 Å². The summed E-state index contributed by atoms with van der Waals surface area (Å²) < 4.78 is 11.6. The van der Waals surface area contributed by atoms with E-state index in [4.69, 9.17) is 9.47 Å². The van der Waals surface area contributed by atoms with E-state index in [1.165, 1.54) is 4.90 Å². The van der Waals surface area contributed by atoms with Crippen LogP contribution in [0.15, 0.2) is 65.9 Å². The highest BCUT2D eigenvalue weighted by Crippen LogP contribution is 2.35.